The minimum atomic E-state index is 0.698. The third kappa shape index (κ3) is 2.16. The van der Waals surface area contributed by atoms with Crippen molar-refractivity contribution in [3.63, 3.8) is 0 Å². The summed E-state index contributed by atoms with van der Waals surface area (Å²) in [7, 11) is 0. The minimum Gasteiger partial charge on any atom is -0.316 e. The van der Waals surface area contributed by atoms with Crippen LogP contribution in [-0.4, -0.2) is 24.1 Å². The van der Waals surface area contributed by atoms with Gasteiger partial charge in [-0.25, -0.2) is 0 Å². The Morgan fingerprint density at radius 3 is 2.71 bits per heavy atom. The number of rotatable bonds is 1. The first kappa shape index (κ1) is 12.3. The van der Waals surface area contributed by atoms with Crippen molar-refractivity contribution >= 4 is 11.8 Å². The van der Waals surface area contributed by atoms with Crippen LogP contribution in [0.3, 0.4) is 0 Å². The molecular formula is C15H27NS. The van der Waals surface area contributed by atoms with Crippen LogP contribution >= 0.6 is 11.8 Å². The second kappa shape index (κ2) is 5.13. The van der Waals surface area contributed by atoms with Gasteiger partial charge in [-0.05, 0) is 55.4 Å². The Bertz CT molecular complexity index is 256. The van der Waals surface area contributed by atoms with Gasteiger partial charge in [-0.2, -0.15) is 11.8 Å². The van der Waals surface area contributed by atoms with Crippen molar-refractivity contribution in [2.75, 3.05) is 18.8 Å². The Balaban J connectivity index is 1.82. The van der Waals surface area contributed by atoms with Crippen LogP contribution in [0.5, 0.6) is 0 Å². The summed E-state index contributed by atoms with van der Waals surface area (Å²) < 4.78 is 0. The maximum Gasteiger partial charge on any atom is 0.00788 e. The average molecular weight is 253 g/mol. The Morgan fingerprint density at radius 1 is 1.12 bits per heavy atom. The highest BCUT2D eigenvalue weighted by Crippen LogP contribution is 2.54. The van der Waals surface area contributed by atoms with Crippen molar-refractivity contribution < 1.29 is 0 Å². The molecule has 0 aromatic carbocycles. The van der Waals surface area contributed by atoms with Crippen molar-refractivity contribution in [3.8, 4) is 0 Å². The summed E-state index contributed by atoms with van der Waals surface area (Å²) in [5.41, 5.74) is 0.698. The molecule has 2 heteroatoms. The molecule has 3 unspecified atom stereocenters. The molecule has 2 saturated heterocycles. The van der Waals surface area contributed by atoms with E-state index in [1.54, 1.807) is 0 Å². The van der Waals surface area contributed by atoms with E-state index >= 15 is 0 Å². The van der Waals surface area contributed by atoms with Crippen molar-refractivity contribution in [2.24, 2.45) is 17.3 Å². The summed E-state index contributed by atoms with van der Waals surface area (Å²) in [6, 6.07) is 0. The molecule has 0 aromatic rings. The van der Waals surface area contributed by atoms with E-state index in [9.17, 15) is 0 Å². The molecule has 2 aliphatic heterocycles. The fourth-order valence-electron chi connectivity index (χ4n) is 4.81. The number of thioether (sulfide) groups is 1. The molecule has 0 bridgehead atoms. The third-order valence-corrected chi connectivity index (χ3v) is 7.30. The van der Waals surface area contributed by atoms with Gasteiger partial charge in [0.15, 0.2) is 0 Å². The van der Waals surface area contributed by atoms with E-state index in [1.807, 2.05) is 0 Å². The minimum absolute atomic E-state index is 0.698. The van der Waals surface area contributed by atoms with E-state index in [-0.39, 0.29) is 0 Å². The SMILES string of the molecule is CC1SCCCC12CCNCC2C1CCCC1. The van der Waals surface area contributed by atoms with Crippen LogP contribution in [0.25, 0.3) is 0 Å². The fourth-order valence-corrected chi connectivity index (χ4v) is 6.22. The first-order valence-electron chi connectivity index (χ1n) is 7.65. The lowest BCUT2D eigenvalue weighted by Crippen LogP contribution is -2.53. The largest absolute Gasteiger partial charge is 0.316 e. The molecule has 0 amide bonds. The zero-order valence-electron chi connectivity index (χ0n) is 11.2. The number of piperidine rings is 1. The predicted molar refractivity (Wildman–Crippen MR) is 76.5 cm³/mol. The first-order valence-corrected chi connectivity index (χ1v) is 8.70. The molecule has 3 aliphatic rings. The zero-order chi connectivity index (χ0) is 11.7. The lowest BCUT2D eigenvalue weighted by atomic mass is 9.61. The van der Waals surface area contributed by atoms with Crippen molar-refractivity contribution in [3.05, 3.63) is 0 Å². The van der Waals surface area contributed by atoms with Crippen LogP contribution in [0.2, 0.25) is 0 Å². The summed E-state index contributed by atoms with van der Waals surface area (Å²) in [6.45, 7) is 5.11. The molecule has 1 saturated carbocycles. The van der Waals surface area contributed by atoms with Gasteiger partial charge in [0.2, 0.25) is 0 Å². The fraction of sp³-hybridized carbons (Fsp3) is 1.00. The zero-order valence-corrected chi connectivity index (χ0v) is 12.0. The molecule has 1 spiro atoms. The van der Waals surface area contributed by atoms with E-state index in [4.69, 9.17) is 0 Å². The highest BCUT2D eigenvalue weighted by Gasteiger charge is 2.49. The maximum atomic E-state index is 3.69. The predicted octanol–water partition coefficient (Wildman–Crippen LogP) is 3.69. The highest BCUT2D eigenvalue weighted by molar-refractivity contribution is 7.99. The van der Waals surface area contributed by atoms with Gasteiger partial charge in [-0.3, -0.25) is 0 Å². The third-order valence-electron chi connectivity index (χ3n) is 5.80. The Morgan fingerprint density at radius 2 is 1.94 bits per heavy atom. The molecular weight excluding hydrogens is 226 g/mol. The van der Waals surface area contributed by atoms with E-state index in [1.165, 1.54) is 63.8 Å². The number of hydrogen-bond donors (Lipinski definition) is 1. The highest BCUT2D eigenvalue weighted by atomic mass is 32.2. The van der Waals surface area contributed by atoms with Gasteiger partial charge >= 0.3 is 0 Å². The second-order valence-corrected chi connectivity index (χ2v) is 7.90. The van der Waals surface area contributed by atoms with Crippen LogP contribution in [-0.2, 0) is 0 Å². The standard InChI is InChI=1S/C15H27NS/c1-12-15(7-4-10-17-12)8-9-16-11-14(15)13-5-2-3-6-13/h12-14,16H,2-11H2,1H3. The Kier molecular flexibility index (Phi) is 3.72. The van der Waals surface area contributed by atoms with Gasteiger partial charge in [0.05, 0.1) is 0 Å². The van der Waals surface area contributed by atoms with E-state index < -0.39 is 0 Å². The summed E-state index contributed by atoms with van der Waals surface area (Å²) in [5, 5.41) is 4.60. The van der Waals surface area contributed by atoms with Crippen LogP contribution in [0, 0.1) is 17.3 Å². The molecule has 2 heterocycles. The van der Waals surface area contributed by atoms with Gasteiger partial charge in [0.25, 0.3) is 0 Å². The molecule has 17 heavy (non-hydrogen) atoms. The molecule has 98 valence electrons. The molecule has 3 atom stereocenters. The van der Waals surface area contributed by atoms with E-state index in [0.717, 1.165) is 17.1 Å². The van der Waals surface area contributed by atoms with Gasteiger partial charge in [-0.1, -0.05) is 32.6 Å². The summed E-state index contributed by atoms with van der Waals surface area (Å²) >= 11 is 2.26. The van der Waals surface area contributed by atoms with E-state index in [0.29, 0.717) is 5.41 Å². The van der Waals surface area contributed by atoms with Gasteiger partial charge in [0, 0.05) is 5.25 Å². The molecule has 1 N–H and O–H groups in total. The molecule has 0 aromatic heterocycles. The van der Waals surface area contributed by atoms with Crippen molar-refractivity contribution in [1.29, 1.82) is 0 Å². The van der Waals surface area contributed by atoms with Crippen molar-refractivity contribution in [1.82, 2.24) is 5.32 Å². The Hall–Kier alpha value is 0.310. The topological polar surface area (TPSA) is 12.0 Å². The quantitative estimate of drug-likeness (QED) is 0.765. The lowest BCUT2D eigenvalue weighted by Gasteiger charge is -2.53. The van der Waals surface area contributed by atoms with Crippen LogP contribution in [0.1, 0.15) is 51.9 Å². The molecule has 0 radical (unpaired) electrons. The summed E-state index contributed by atoms with van der Waals surface area (Å²) in [4.78, 5) is 0. The second-order valence-electron chi connectivity index (χ2n) is 6.45. The van der Waals surface area contributed by atoms with Crippen LogP contribution < -0.4 is 5.32 Å². The average Bonchev–Trinajstić information content (AvgIpc) is 2.87. The smallest absolute Gasteiger partial charge is 0.00788 e. The molecule has 1 aliphatic carbocycles. The summed E-state index contributed by atoms with van der Waals surface area (Å²) in [6.07, 6.45) is 10.5. The van der Waals surface area contributed by atoms with Crippen molar-refractivity contribution in [2.45, 2.75) is 57.1 Å². The molecule has 3 fully saturated rings. The van der Waals surface area contributed by atoms with Gasteiger partial charge in [-0.15, -0.1) is 0 Å². The number of hydrogen-bond acceptors (Lipinski definition) is 2. The monoisotopic (exact) mass is 253 g/mol. The van der Waals surface area contributed by atoms with Crippen LogP contribution in [0.15, 0.2) is 0 Å². The summed E-state index contributed by atoms with van der Waals surface area (Å²) in [5.74, 6) is 3.44. The Labute approximate surface area is 111 Å². The van der Waals surface area contributed by atoms with Gasteiger partial charge < -0.3 is 5.32 Å². The lowest BCUT2D eigenvalue weighted by molar-refractivity contribution is 0.0485. The molecule has 1 nitrogen and oxygen atoms in total. The van der Waals surface area contributed by atoms with Gasteiger partial charge in [0.1, 0.15) is 0 Å². The van der Waals surface area contributed by atoms with Crippen LogP contribution in [0.4, 0.5) is 0 Å². The molecule has 3 rings (SSSR count). The van der Waals surface area contributed by atoms with E-state index in [2.05, 4.69) is 24.0 Å². The maximum absolute atomic E-state index is 3.69. The normalized spacial score (nSPS) is 44.3. The number of nitrogens with one attached hydrogen (secondary N) is 1. The first-order chi connectivity index (χ1) is 8.33.